The molecule has 0 radical (unpaired) electrons. The van der Waals surface area contributed by atoms with Crippen LogP contribution in [-0.2, 0) is 23.8 Å². The highest BCUT2D eigenvalue weighted by Gasteiger charge is 2.47. The topological polar surface area (TPSA) is 69.7 Å². The minimum Gasteiger partial charge on any atom is -0.464 e. The van der Waals surface area contributed by atoms with Crippen LogP contribution in [0.15, 0.2) is 0 Å². The zero-order valence-corrected chi connectivity index (χ0v) is 7.81. The number of esters is 1. The normalized spacial score (nSPS) is 12.6. The quantitative estimate of drug-likeness (QED) is 0.402. The van der Waals surface area contributed by atoms with Crippen molar-refractivity contribution < 1.29 is 35.3 Å². The molecule has 0 rings (SSSR count). The lowest BCUT2D eigenvalue weighted by atomic mass is 10.7. The van der Waals surface area contributed by atoms with E-state index in [1.807, 2.05) is 0 Å². The molecule has 5 nitrogen and oxygen atoms in total. The molecule has 14 heavy (non-hydrogen) atoms. The van der Waals surface area contributed by atoms with Crippen LogP contribution in [-0.4, -0.2) is 33.1 Å². The molecule has 0 bridgehead atoms. The Hall–Kier alpha value is -0.830. The van der Waals surface area contributed by atoms with Gasteiger partial charge in [-0.1, -0.05) is 0 Å². The third-order valence-electron chi connectivity index (χ3n) is 0.921. The van der Waals surface area contributed by atoms with Crippen LogP contribution >= 0.6 is 0 Å². The van der Waals surface area contributed by atoms with Crippen LogP contribution in [0.1, 0.15) is 6.92 Å². The molecule has 0 atom stereocenters. The predicted molar refractivity (Wildman–Crippen MR) is 37.6 cm³/mol. The third-order valence-corrected chi connectivity index (χ3v) is 1.92. The van der Waals surface area contributed by atoms with Crippen molar-refractivity contribution in [2.75, 3.05) is 13.2 Å². The van der Waals surface area contributed by atoms with E-state index in [0.717, 1.165) is 0 Å². The molecule has 0 saturated heterocycles. The molecule has 0 unspecified atom stereocenters. The average molecular weight is 236 g/mol. The minimum absolute atomic E-state index is 0.0751. The Kier molecular flexibility index (Phi) is 4.33. The molecule has 0 N–H and O–H groups in total. The van der Waals surface area contributed by atoms with Crippen LogP contribution < -0.4 is 0 Å². The molecular formula is C5H7F3O5S. The van der Waals surface area contributed by atoms with E-state index in [0.29, 0.717) is 0 Å². The smallest absolute Gasteiger partial charge is 0.464 e. The number of halogens is 3. The molecule has 0 aliphatic carbocycles. The van der Waals surface area contributed by atoms with Gasteiger partial charge in [0.1, 0.15) is 0 Å². The number of rotatable bonds is 4. The Morgan fingerprint density at radius 3 is 2.21 bits per heavy atom. The first kappa shape index (κ1) is 13.2. The molecule has 0 aromatic carbocycles. The monoisotopic (exact) mass is 236 g/mol. The standard InChI is InChI=1S/C5H7F3O5S/c1-2-12-4(9)3-13-14(10,11)5(6,7)8/h2-3H2,1H3. The Morgan fingerprint density at radius 1 is 1.36 bits per heavy atom. The number of carbonyl (C=O) groups excluding carboxylic acids is 1. The summed E-state index contributed by atoms with van der Waals surface area (Å²) in [6.45, 7) is 0.0557. The van der Waals surface area contributed by atoms with Gasteiger partial charge in [0.2, 0.25) is 0 Å². The molecular weight excluding hydrogens is 229 g/mol. The summed E-state index contributed by atoms with van der Waals surface area (Å²) in [5.74, 6) is -1.18. The maximum absolute atomic E-state index is 11.6. The van der Waals surface area contributed by atoms with E-state index >= 15 is 0 Å². The molecule has 0 aromatic heterocycles. The summed E-state index contributed by atoms with van der Waals surface area (Å²) in [7, 11) is -5.71. The summed E-state index contributed by atoms with van der Waals surface area (Å²) < 4.78 is 62.8. The van der Waals surface area contributed by atoms with Gasteiger partial charge >= 0.3 is 21.6 Å². The molecule has 0 aromatic rings. The zero-order valence-electron chi connectivity index (χ0n) is 7.00. The van der Waals surface area contributed by atoms with E-state index in [2.05, 4.69) is 8.92 Å². The summed E-state index contributed by atoms with van der Waals surface area (Å²) >= 11 is 0. The number of hydrogen-bond acceptors (Lipinski definition) is 5. The second kappa shape index (κ2) is 4.60. The Morgan fingerprint density at radius 2 is 1.86 bits per heavy atom. The number of carbonyl (C=O) groups is 1. The minimum atomic E-state index is -5.71. The first-order valence-corrected chi connectivity index (χ1v) is 4.73. The van der Waals surface area contributed by atoms with Gasteiger partial charge in [0.05, 0.1) is 6.61 Å². The van der Waals surface area contributed by atoms with Gasteiger partial charge < -0.3 is 4.74 Å². The SMILES string of the molecule is CCOC(=O)COS(=O)(=O)C(F)(F)F. The Bertz CT molecular complexity index is 293. The van der Waals surface area contributed by atoms with Crippen molar-refractivity contribution in [1.29, 1.82) is 0 Å². The Balaban J connectivity index is 4.22. The molecule has 0 amide bonds. The van der Waals surface area contributed by atoms with E-state index < -0.39 is 28.2 Å². The first-order valence-electron chi connectivity index (χ1n) is 3.32. The van der Waals surface area contributed by atoms with Crippen LogP contribution in [0, 0.1) is 0 Å². The van der Waals surface area contributed by atoms with Gasteiger partial charge in [-0.3, -0.25) is 4.18 Å². The highest BCUT2D eigenvalue weighted by molar-refractivity contribution is 7.87. The van der Waals surface area contributed by atoms with Crippen molar-refractivity contribution >= 4 is 16.1 Å². The highest BCUT2D eigenvalue weighted by atomic mass is 32.2. The number of alkyl halides is 3. The molecule has 0 aliphatic rings. The van der Waals surface area contributed by atoms with Gasteiger partial charge in [-0.25, -0.2) is 4.79 Å². The van der Waals surface area contributed by atoms with Crippen LogP contribution in [0.4, 0.5) is 13.2 Å². The summed E-state index contributed by atoms with van der Waals surface area (Å²) in [6, 6.07) is 0. The molecule has 0 saturated carbocycles. The lowest BCUT2D eigenvalue weighted by Crippen LogP contribution is -2.28. The van der Waals surface area contributed by atoms with Crippen LogP contribution in [0.3, 0.4) is 0 Å². The lowest BCUT2D eigenvalue weighted by Gasteiger charge is -2.07. The summed E-state index contributed by atoms with van der Waals surface area (Å²) in [4.78, 5) is 10.4. The maximum atomic E-state index is 11.6. The van der Waals surface area contributed by atoms with Gasteiger partial charge in [-0.2, -0.15) is 21.6 Å². The summed E-state index contributed by atoms with van der Waals surface area (Å²) in [5.41, 5.74) is -5.53. The van der Waals surface area contributed by atoms with Gasteiger partial charge in [0, 0.05) is 0 Å². The molecule has 0 fully saturated rings. The Labute approximate surface area is 77.9 Å². The van der Waals surface area contributed by atoms with E-state index in [1.165, 1.54) is 6.92 Å². The number of ether oxygens (including phenoxy) is 1. The molecule has 84 valence electrons. The second-order valence-electron chi connectivity index (χ2n) is 1.97. The molecule has 0 spiro atoms. The molecule has 0 heterocycles. The van der Waals surface area contributed by atoms with Crippen molar-refractivity contribution in [3.05, 3.63) is 0 Å². The third kappa shape index (κ3) is 3.92. The van der Waals surface area contributed by atoms with E-state index in [-0.39, 0.29) is 6.61 Å². The summed E-state index contributed by atoms with van der Waals surface area (Å²) in [6.07, 6.45) is 0. The largest absolute Gasteiger partial charge is 0.523 e. The van der Waals surface area contributed by atoms with Crippen molar-refractivity contribution in [2.45, 2.75) is 12.4 Å². The van der Waals surface area contributed by atoms with E-state index in [4.69, 9.17) is 0 Å². The van der Waals surface area contributed by atoms with Crippen LogP contribution in [0.2, 0.25) is 0 Å². The van der Waals surface area contributed by atoms with Gasteiger partial charge in [-0.15, -0.1) is 0 Å². The van der Waals surface area contributed by atoms with Gasteiger partial charge in [0.25, 0.3) is 0 Å². The van der Waals surface area contributed by atoms with E-state index in [9.17, 15) is 26.4 Å². The number of hydrogen-bond donors (Lipinski definition) is 0. The predicted octanol–water partition coefficient (Wildman–Crippen LogP) is 0.416. The van der Waals surface area contributed by atoms with Crippen LogP contribution in [0.25, 0.3) is 0 Å². The fraction of sp³-hybridized carbons (Fsp3) is 0.800. The second-order valence-corrected chi connectivity index (χ2v) is 3.57. The van der Waals surface area contributed by atoms with Crippen molar-refractivity contribution in [1.82, 2.24) is 0 Å². The summed E-state index contributed by atoms with van der Waals surface area (Å²) in [5, 5.41) is 0. The first-order chi connectivity index (χ1) is 6.20. The van der Waals surface area contributed by atoms with Gasteiger partial charge in [-0.05, 0) is 6.92 Å². The van der Waals surface area contributed by atoms with Gasteiger partial charge in [0.15, 0.2) is 6.61 Å². The average Bonchev–Trinajstić information content (AvgIpc) is 1.99. The maximum Gasteiger partial charge on any atom is 0.523 e. The highest BCUT2D eigenvalue weighted by Crippen LogP contribution is 2.24. The molecule has 0 aliphatic heterocycles. The van der Waals surface area contributed by atoms with Crippen LogP contribution in [0.5, 0.6) is 0 Å². The van der Waals surface area contributed by atoms with Crippen molar-refractivity contribution in [3.8, 4) is 0 Å². The lowest BCUT2D eigenvalue weighted by molar-refractivity contribution is -0.145. The zero-order chi connectivity index (χ0) is 11.4. The fourth-order valence-electron chi connectivity index (χ4n) is 0.395. The van der Waals surface area contributed by atoms with Crippen molar-refractivity contribution in [3.63, 3.8) is 0 Å². The fourth-order valence-corrected chi connectivity index (χ4v) is 0.780. The van der Waals surface area contributed by atoms with Crippen molar-refractivity contribution in [2.24, 2.45) is 0 Å². The molecule has 9 heteroatoms. The van der Waals surface area contributed by atoms with E-state index in [1.54, 1.807) is 0 Å².